The summed E-state index contributed by atoms with van der Waals surface area (Å²) in [5.41, 5.74) is 0.374. The van der Waals surface area contributed by atoms with Crippen molar-refractivity contribution in [1.82, 2.24) is 25.1 Å². The third kappa shape index (κ3) is 3.41. The van der Waals surface area contributed by atoms with Crippen molar-refractivity contribution < 1.29 is 13.2 Å². The van der Waals surface area contributed by atoms with Gasteiger partial charge < -0.3 is 4.74 Å². The predicted molar refractivity (Wildman–Crippen MR) is 78.0 cm³/mol. The van der Waals surface area contributed by atoms with Gasteiger partial charge in [-0.25, -0.2) is 18.5 Å². The van der Waals surface area contributed by atoms with Crippen molar-refractivity contribution in [2.24, 2.45) is 0 Å². The first-order valence-electron chi connectivity index (χ1n) is 7.14. The Morgan fingerprint density at radius 2 is 1.95 bits per heavy atom. The SMILES string of the molecule is CS(=O)(=O)c1nc(-c2cncc(OC3CCCCC3)n2)n[nH]1. The summed E-state index contributed by atoms with van der Waals surface area (Å²) in [4.78, 5) is 12.3. The molecule has 0 unspecified atom stereocenters. The number of aromatic amines is 1. The van der Waals surface area contributed by atoms with E-state index in [9.17, 15) is 8.42 Å². The van der Waals surface area contributed by atoms with Gasteiger partial charge in [-0.1, -0.05) is 6.42 Å². The lowest BCUT2D eigenvalue weighted by atomic mass is 9.98. The van der Waals surface area contributed by atoms with Gasteiger partial charge >= 0.3 is 0 Å². The summed E-state index contributed by atoms with van der Waals surface area (Å²) in [7, 11) is -3.43. The maximum atomic E-state index is 11.4. The van der Waals surface area contributed by atoms with Gasteiger partial charge in [0.05, 0.1) is 12.4 Å². The Morgan fingerprint density at radius 1 is 1.18 bits per heavy atom. The average Bonchev–Trinajstić information content (AvgIpc) is 2.99. The van der Waals surface area contributed by atoms with Crippen molar-refractivity contribution in [3.63, 3.8) is 0 Å². The minimum atomic E-state index is -3.43. The average molecular weight is 323 g/mol. The monoisotopic (exact) mass is 323 g/mol. The van der Waals surface area contributed by atoms with Gasteiger partial charge in [0.2, 0.25) is 26.7 Å². The Bertz CT molecular complexity index is 753. The van der Waals surface area contributed by atoms with Gasteiger partial charge in [-0.2, -0.15) is 10.1 Å². The van der Waals surface area contributed by atoms with E-state index in [1.54, 1.807) is 6.20 Å². The van der Waals surface area contributed by atoms with E-state index < -0.39 is 9.84 Å². The van der Waals surface area contributed by atoms with Crippen LogP contribution in [0.25, 0.3) is 11.5 Å². The minimum absolute atomic E-state index is 0.164. The number of nitrogens with zero attached hydrogens (tertiary/aromatic N) is 4. The van der Waals surface area contributed by atoms with E-state index >= 15 is 0 Å². The smallest absolute Gasteiger partial charge is 0.243 e. The number of H-pyrrole nitrogens is 1. The van der Waals surface area contributed by atoms with Gasteiger partial charge in [0.15, 0.2) is 0 Å². The lowest BCUT2D eigenvalue weighted by Crippen LogP contribution is -2.20. The third-order valence-electron chi connectivity index (χ3n) is 3.50. The molecule has 0 aromatic carbocycles. The summed E-state index contributed by atoms with van der Waals surface area (Å²) < 4.78 is 28.7. The normalized spacial score (nSPS) is 16.6. The fraction of sp³-hybridized carbons (Fsp3) is 0.538. The highest BCUT2D eigenvalue weighted by Gasteiger charge is 2.18. The molecule has 2 aromatic heterocycles. The van der Waals surface area contributed by atoms with E-state index in [0.717, 1.165) is 31.9 Å². The summed E-state index contributed by atoms with van der Waals surface area (Å²) in [5.74, 6) is 0.595. The Kier molecular flexibility index (Phi) is 4.06. The second-order valence-electron chi connectivity index (χ2n) is 5.36. The van der Waals surface area contributed by atoms with Gasteiger partial charge in [-0.3, -0.25) is 4.98 Å². The molecule has 0 radical (unpaired) electrons. The second-order valence-corrected chi connectivity index (χ2v) is 7.29. The van der Waals surface area contributed by atoms with Crippen molar-refractivity contribution in [1.29, 1.82) is 0 Å². The minimum Gasteiger partial charge on any atom is -0.473 e. The summed E-state index contributed by atoms with van der Waals surface area (Å²) in [6, 6.07) is 0. The van der Waals surface area contributed by atoms with Crippen LogP contribution in [0.15, 0.2) is 17.6 Å². The number of hydrogen-bond donors (Lipinski definition) is 1. The largest absolute Gasteiger partial charge is 0.473 e. The van der Waals surface area contributed by atoms with Crippen LogP contribution in [0.3, 0.4) is 0 Å². The molecule has 1 saturated carbocycles. The van der Waals surface area contributed by atoms with E-state index in [1.165, 1.54) is 12.6 Å². The van der Waals surface area contributed by atoms with Crippen molar-refractivity contribution in [3.05, 3.63) is 12.4 Å². The van der Waals surface area contributed by atoms with Crippen LogP contribution >= 0.6 is 0 Å². The molecule has 2 aromatic rings. The highest BCUT2D eigenvalue weighted by atomic mass is 32.2. The molecular weight excluding hydrogens is 306 g/mol. The first kappa shape index (κ1) is 14.9. The zero-order chi connectivity index (χ0) is 15.6. The molecule has 0 saturated heterocycles. The number of nitrogens with one attached hydrogen (secondary N) is 1. The summed E-state index contributed by atoms with van der Waals surface area (Å²) >= 11 is 0. The molecule has 118 valence electrons. The molecular formula is C13H17N5O3S. The van der Waals surface area contributed by atoms with Crippen LogP contribution in [0.4, 0.5) is 0 Å². The summed E-state index contributed by atoms with van der Waals surface area (Å²) in [6.07, 6.45) is 9.85. The van der Waals surface area contributed by atoms with Crippen LogP contribution in [0.1, 0.15) is 32.1 Å². The zero-order valence-corrected chi connectivity index (χ0v) is 13.0. The molecule has 8 nitrogen and oxygen atoms in total. The van der Waals surface area contributed by atoms with Crippen LogP contribution in [-0.2, 0) is 9.84 Å². The predicted octanol–water partition coefficient (Wildman–Crippen LogP) is 1.38. The molecule has 1 fully saturated rings. The quantitative estimate of drug-likeness (QED) is 0.904. The van der Waals surface area contributed by atoms with E-state index in [1.807, 2.05) is 0 Å². The van der Waals surface area contributed by atoms with Crippen molar-refractivity contribution in [2.75, 3.05) is 6.26 Å². The Morgan fingerprint density at radius 3 is 2.64 bits per heavy atom. The van der Waals surface area contributed by atoms with Gasteiger partial charge in [0.25, 0.3) is 0 Å². The van der Waals surface area contributed by atoms with Crippen LogP contribution in [-0.4, -0.2) is 45.9 Å². The lowest BCUT2D eigenvalue weighted by molar-refractivity contribution is 0.148. The topological polar surface area (TPSA) is 111 Å². The van der Waals surface area contributed by atoms with E-state index in [4.69, 9.17) is 4.74 Å². The maximum absolute atomic E-state index is 11.4. The lowest BCUT2D eigenvalue weighted by Gasteiger charge is -2.22. The fourth-order valence-corrected chi connectivity index (χ4v) is 2.86. The molecule has 1 aliphatic rings. The Labute approximate surface area is 128 Å². The van der Waals surface area contributed by atoms with Crippen molar-refractivity contribution in [3.8, 4) is 17.4 Å². The van der Waals surface area contributed by atoms with Crippen LogP contribution in [0.5, 0.6) is 5.88 Å². The molecule has 22 heavy (non-hydrogen) atoms. The molecule has 0 bridgehead atoms. The third-order valence-corrected chi connectivity index (χ3v) is 4.38. The highest BCUT2D eigenvalue weighted by Crippen LogP contribution is 2.23. The molecule has 0 atom stereocenters. The van der Waals surface area contributed by atoms with E-state index in [0.29, 0.717) is 11.6 Å². The van der Waals surface area contributed by atoms with Gasteiger partial charge in [0.1, 0.15) is 11.8 Å². The van der Waals surface area contributed by atoms with Crippen LogP contribution < -0.4 is 4.74 Å². The summed E-state index contributed by atoms with van der Waals surface area (Å²) in [6.45, 7) is 0. The van der Waals surface area contributed by atoms with Crippen LogP contribution in [0, 0.1) is 0 Å². The Balaban J connectivity index is 1.80. The van der Waals surface area contributed by atoms with Crippen molar-refractivity contribution in [2.45, 2.75) is 43.4 Å². The summed E-state index contributed by atoms with van der Waals surface area (Å²) in [5, 5.41) is 6.06. The van der Waals surface area contributed by atoms with Gasteiger partial charge in [0, 0.05) is 6.26 Å². The molecule has 0 amide bonds. The van der Waals surface area contributed by atoms with Crippen LogP contribution in [0.2, 0.25) is 0 Å². The van der Waals surface area contributed by atoms with Gasteiger partial charge in [-0.05, 0) is 25.7 Å². The number of hydrogen-bond acceptors (Lipinski definition) is 7. The highest BCUT2D eigenvalue weighted by molar-refractivity contribution is 7.90. The maximum Gasteiger partial charge on any atom is 0.243 e. The number of rotatable bonds is 4. The van der Waals surface area contributed by atoms with E-state index in [2.05, 4.69) is 25.1 Å². The first-order valence-corrected chi connectivity index (χ1v) is 9.03. The second kappa shape index (κ2) is 5.99. The fourth-order valence-electron chi connectivity index (χ4n) is 2.39. The molecule has 0 aliphatic heterocycles. The molecule has 9 heteroatoms. The molecule has 1 N–H and O–H groups in total. The molecule has 1 aliphatic carbocycles. The Hall–Kier alpha value is -2.03. The standard InChI is InChI=1S/C13H17N5O3S/c1-22(19,20)13-16-12(17-18-13)10-7-14-8-11(15-10)21-9-5-3-2-4-6-9/h7-9H,2-6H2,1H3,(H,16,17,18). The number of sulfone groups is 1. The molecule has 0 spiro atoms. The number of aromatic nitrogens is 5. The molecule has 2 heterocycles. The zero-order valence-electron chi connectivity index (χ0n) is 12.2. The first-order chi connectivity index (χ1) is 10.5. The van der Waals surface area contributed by atoms with E-state index in [-0.39, 0.29) is 17.1 Å². The van der Waals surface area contributed by atoms with Crippen molar-refractivity contribution >= 4 is 9.84 Å². The van der Waals surface area contributed by atoms with Gasteiger partial charge in [-0.15, -0.1) is 0 Å². The number of ether oxygens (including phenoxy) is 1. The molecule has 3 rings (SSSR count).